The number of rotatable bonds is 5. The number of hydrogen-bond donors (Lipinski definition) is 0. The summed E-state index contributed by atoms with van der Waals surface area (Å²) >= 11 is 0. The molecular weight excluding hydrogens is 128 g/mol. The lowest BCUT2D eigenvalue weighted by Crippen LogP contribution is -2.34. The molecule has 0 aliphatic rings. The first-order valence-electron chi connectivity index (χ1n) is 3.72. The van der Waals surface area contributed by atoms with Gasteiger partial charge in [-0.3, -0.25) is 4.90 Å². The maximum atomic E-state index is 4.98. The van der Waals surface area contributed by atoms with Gasteiger partial charge >= 0.3 is 0 Å². The van der Waals surface area contributed by atoms with E-state index in [0.717, 1.165) is 19.8 Å². The summed E-state index contributed by atoms with van der Waals surface area (Å²) in [6, 6.07) is 0. The van der Waals surface area contributed by atoms with Crippen molar-refractivity contribution in [1.82, 2.24) is 9.96 Å². The molecule has 0 saturated heterocycles. The molecule has 0 saturated carbocycles. The van der Waals surface area contributed by atoms with Gasteiger partial charge in [0.15, 0.2) is 0 Å². The van der Waals surface area contributed by atoms with Gasteiger partial charge in [0.2, 0.25) is 0 Å². The summed E-state index contributed by atoms with van der Waals surface area (Å²) < 4.78 is 0. The Labute approximate surface area is 63.5 Å². The molecule has 0 aromatic rings. The molecule has 10 heavy (non-hydrogen) atoms. The molecule has 0 atom stereocenters. The Kier molecular flexibility index (Phi) is 5.58. The van der Waals surface area contributed by atoms with Crippen LogP contribution in [-0.4, -0.2) is 43.9 Å². The monoisotopic (exact) mass is 146 g/mol. The Bertz CT molecular complexity index is 74.0. The second-order valence-corrected chi connectivity index (χ2v) is 2.26. The molecule has 0 heterocycles. The zero-order valence-corrected chi connectivity index (χ0v) is 7.42. The van der Waals surface area contributed by atoms with E-state index >= 15 is 0 Å². The first-order chi connectivity index (χ1) is 4.74. The first kappa shape index (κ1) is 9.88. The Morgan fingerprint density at radius 1 is 1.20 bits per heavy atom. The molecule has 0 aliphatic heterocycles. The Morgan fingerprint density at radius 3 is 2.00 bits per heavy atom. The molecule has 3 heteroatoms. The highest BCUT2D eigenvalue weighted by molar-refractivity contribution is 4.45. The van der Waals surface area contributed by atoms with Crippen LogP contribution < -0.4 is 0 Å². The molecule has 0 N–H and O–H groups in total. The van der Waals surface area contributed by atoms with E-state index in [0.29, 0.717) is 0 Å². The van der Waals surface area contributed by atoms with Crippen LogP contribution in [0.15, 0.2) is 0 Å². The second-order valence-electron chi connectivity index (χ2n) is 2.26. The fourth-order valence-electron chi connectivity index (χ4n) is 0.763. The fourth-order valence-corrected chi connectivity index (χ4v) is 0.763. The van der Waals surface area contributed by atoms with Gasteiger partial charge in [0.05, 0.1) is 13.8 Å². The second kappa shape index (κ2) is 5.65. The molecule has 0 aromatic heterocycles. The van der Waals surface area contributed by atoms with E-state index in [4.69, 9.17) is 4.84 Å². The molecule has 0 spiro atoms. The highest BCUT2D eigenvalue weighted by atomic mass is 16.7. The standard InChI is InChI=1S/C7H18N2O/c1-5-9(6-2)7-8(3)10-4/h5-7H2,1-4H3. The van der Waals surface area contributed by atoms with Crippen LogP contribution in [0.1, 0.15) is 13.8 Å². The molecule has 0 radical (unpaired) electrons. The number of hydroxylamine groups is 2. The highest BCUT2D eigenvalue weighted by Crippen LogP contribution is 1.89. The van der Waals surface area contributed by atoms with E-state index in [1.165, 1.54) is 0 Å². The van der Waals surface area contributed by atoms with Gasteiger partial charge in [-0.25, -0.2) is 0 Å². The molecule has 3 nitrogen and oxygen atoms in total. The average Bonchev–Trinajstić information content (AvgIpc) is 1.99. The Hall–Kier alpha value is -0.120. The SMILES string of the molecule is CCN(CC)CN(C)OC. The van der Waals surface area contributed by atoms with Crippen LogP contribution in [0.5, 0.6) is 0 Å². The van der Waals surface area contributed by atoms with Crippen molar-refractivity contribution in [3.05, 3.63) is 0 Å². The number of hydrogen-bond acceptors (Lipinski definition) is 3. The summed E-state index contributed by atoms with van der Waals surface area (Å²) in [5.74, 6) is 0. The maximum absolute atomic E-state index is 4.98. The predicted molar refractivity (Wildman–Crippen MR) is 42.6 cm³/mol. The smallest absolute Gasteiger partial charge is 0.0753 e. The third-order valence-electron chi connectivity index (χ3n) is 1.61. The fraction of sp³-hybridized carbons (Fsp3) is 1.00. The molecular formula is C7H18N2O. The summed E-state index contributed by atoms with van der Waals surface area (Å²) in [6.07, 6.45) is 0. The lowest BCUT2D eigenvalue weighted by Gasteiger charge is -2.23. The summed E-state index contributed by atoms with van der Waals surface area (Å²) in [7, 11) is 3.61. The predicted octanol–water partition coefficient (Wildman–Crippen LogP) is 0.779. The molecule has 0 unspecified atom stereocenters. The van der Waals surface area contributed by atoms with Gasteiger partial charge in [0, 0.05) is 7.05 Å². The van der Waals surface area contributed by atoms with Crippen LogP contribution in [0, 0.1) is 0 Å². The van der Waals surface area contributed by atoms with Crippen molar-refractivity contribution in [3.8, 4) is 0 Å². The van der Waals surface area contributed by atoms with E-state index in [1.54, 1.807) is 7.11 Å². The van der Waals surface area contributed by atoms with Crippen LogP contribution in [-0.2, 0) is 4.84 Å². The van der Waals surface area contributed by atoms with Crippen molar-refractivity contribution >= 4 is 0 Å². The third kappa shape index (κ3) is 3.82. The quantitative estimate of drug-likeness (QED) is 0.421. The summed E-state index contributed by atoms with van der Waals surface area (Å²) in [5.41, 5.74) is 0. The lowest BCUT2D eigenvalue weighted by molar-refractivity contribution is -0.137. The van der Waals surface area contributed by atoms with Crippen LogP contribution in [0.4, 0.5) is 0 Å². The van der Waals surface area contributed by atoms with Gasteiger partial charge in [-0.15, -0.1) is 0 Å². The van der Waals surface area contributed by atoms with Crippen LogP contribution in [0.25, 0.3) is 0 Å². The summed E-state index contributed by atoms with van der Waals surface area (Å²) in [6.45, 7) is 7.32. The molecule has 0 amide bonds. The minimum Gasteiger partial charge on any atom is -0.301 e. The van der Waals surface area contributed by atoms with Crippen molar-refractivity contribution in [3.63, 3.8) is 0 Å². The Balaban J connectivity index is 3.41. The van der Waals surface area contributed by atoms with E-state index in [2.05, 4.69) is 18.7 Å². The van der Waals surface area contributed by atoms with Crippen molar-refractivity contribution < 1.29 is 4.84 Å². The normalized spacial score (nSPS) is 11.4. The lowest BCUT2D eigenvalue weighted by atomic mass is 10.5. The molecule has 62 valence electrons. The van der Waals surface area contributed by atoms with Crippen LogP contribution in [0.2, 0.25) is 0 Å². The molecule has 0 fully saturated rings. The molecule has 0 aromatic carbocycles. The van der Waals surface area contributed by atoms with Gasteiger partial charge in [-0.2, -0.15) is 5.06 Å². The third-order valence-corrected chi connectivity index (χ3v) is 1.61. The van der Waals surface area contributed by atoms with Crippen LogP contribution >= 0.6 is 0 Å². The molecule has 0 aliphatic carbocycles. The minimum atomic E-state index is 0.878. The van der Waals surface area contributed by atoms with E-state index < -0.39 is 0 Å². The van der Waals surface area contributed by atoms with Gasteiger partial charge in [0.1, 0.15) is 0 Å². The van der Waals surface area contributed by atoms with Gasteiger partial charge in [-0.05, 0) is 13.1 Å². The summed E-state index contributed by atoms with van der Waals surface area (Å²) in [5, 5.41) is 1.81. The number of nitrogens with zero attached hydrogens (tertiary/aromatic N) is 2. The topological polar surface area (TPSA) is 15.7 Å². The van der Waals surface area contributed by atoms with Crippen molar-refractivity contribution in [1.29, 1.82) is 0 Å². The molecule has 0 bridgehead atoms. The van der Waals surface area contributed by atoms with Crippen LogP contribution in [0.3, 0.4) is 0 Å². The van der Waals surface area contributed by atoms with Crippen molar-refractivity contribution in [2.75, 3.05) is 33.9 Å². The van der Waals surface area contributed by atoms with Crippen molar-refractivity contribution in [2.24, 2.45) is 0 Å². The molecule has 0 rings (SSSR count). The maximum Gasteiger partial charge on any atom is 0.0753 e. The largest absolute Gasteiger partial charge is 0.301 e. The van der Waals surface area contributed by atoms with E-state index in [-0.39, 0.29) is 0 Å². The van der Waals surface area contributed by atoms with Gasteiger partial charge in [-0.1, -0.05) is 13.8 Å². The first-order valence-corrected chi connectivity index (χ1v) is 3.72. The van der Waals surface area contributed by atoms with Crippen molar-refractivity contribution in [2.45, 2.75) is 13.8 Å². The average molecular weight is 146 g/mol. The minimum absolute atomic E-state index is 0.878. The zero-order valence-electron chi connectivity index (χ0n) is 7.42. The zero-order chi connectivity index (χ0) is 7.98. The van der Waals surface area contributed by atoms with Gasteiger partial charge in [0.25, 0.3) is 0 Å². The van der Waals surface area contributed by atoms with Gasteiger partial charge < -0.3 is 4.84 Å². The highest BCUT2D eigenvalue weighted by Gasteiger charge is 2.01. The summed E-state index contributed by atoms with van der Waals surface area (Å²) in [4.78, 5) is 7.26. The Morgan fingerprint density at radius 2 is 1.70 bits per heavy atom. The van der Waals surface area contributed by atoms with E-state index in [9.17, 15) is 0 Å². The van der Waals surface area contributed by atoms with E-state index in [1.807, 2.05) is 12.1 Å².